The van der Waals surface area contributed by atoms with Crippen LogP contribution in [0.3, 0.4) is 0 Å². The smallest absolute Gasteiger partial charge is 0.230 e. The van der Waals surface area contributed by atoms with Crippen molar-refractivity contribution in [2.45, 2.75) is 71.3 Å². The first kappa shape index (κ1) is 14.8. The summed E-state index contributed by atoms with van der Waals surface area (Å²) >= 11 is 0. The second kappa shape index (κ2) is 6.25. The van der Waals surface area contributed by atoms with Gasteiger partial charge in [0.15, 0.2) is 0 Å². The minimum atomic E-state index is -0.248. The van der Waals surface area contributed by atoms with Gasteiger partial charge in [-0.15, -0.1) is 0 Å². The number of hydrogen-bond acceptors (Lipinski definition) is 2. The van der Waals surface area contributed by atoms with Gasteiger partial charge in [0.05, 0.1) is 5.41 Å². The van der Waals surface area contributed by atoms with E-state index < -0.39 is 0 Å². The molecule has 0 bridgehead atoms. The maximum absolute atomic E-state index is 13.1. The molecule has 0 radical (unpaired) electrons. The van der Waals surface area contributed by atoms with E-state index in [1.807, 2.05) is 0 Å². The number of likely N-dealkylation sites (tertiary alicyclic amines) is 1. The molecular formula is C16H30N2O. The molecule has 3 nitrogen and oxygen atoms in total. The zero-order valence-electron chi connectivity index (χ0n) is 12.7. The van der Waals surface area contributed by atoms with E-state index in [9.17, 15) is 4.79 Å². The minimum absolute atomic E-state index is 0.248. The van der Waals surface area contributed by atoms with E-state index in [2.05, 4.69) is 18.7 Å². The van der Waals surface area contributed by atoms with Gasteiger partial charge in [-0.05, 0) is 38.5 Å². The summed E-state index contributed by atoms with van der Waals surface area (Å²) in [5, 5.41) is 0. The van der Waals surface area contributed by atoms with Crippen LogP contribution in [0.25, 0.3) is 0 Å². The van der Waals surface area contributed by atoms with Crippen molar-refractivity contribution in [3.05, 3.63) is 0 Å². The molecule has 1 aliphatic carbocycles. The molecule has 0 aromatic carbocycles. The Kier molecular flexibility index (Phi) is 4.88. The molecule has 1 heterocycles. The third-order valence-electron chi connectivity index (χ3n) is 5.28. The highest BCUT2D eigenvalue weighted by atomic mass is 16.2. The Morgan fingerprint density at radius 3 is 2.37 bits per heavy atom. The molecule has 1 aliphatic heterocycles. The van der Waals surface area contributed by atoms with Crippen LogP contribution in [0.4, 0.5) is 0 Å². The molecule has 2 unspecified atom stereocenters. The van der Waals surface area contributed by atoms with E-state index in [1.165, 1.54) is 32.1 Å². The third-order valence-corrected chi connectivity index (χ3v) is 5.28. The fraction of sp³-hybridized carbons (Fsp3) is 0.938. The van der Waals surface area contributed by atoms with Crippen LogP contribution in [0.5, 0.6) is 0 Å². The summed E-state index contributed by atoms with van der Waals surface area (Å²) in [5.41, 5.74) is 5.80. The zero-order valence-corrected chi connectivity index (χ0v) is 12.7. The van der Waals surface area contributed by atoms with Crippen molar-refractivity contribution in [3.63, 3.8) is 0 Å². The SMILES string of the molecule is CC1CCC(C)N(C(=O)C2(CN)CCCCCC2)C1. The van der Waals surface area contributed by atoms with Crippen molar-refractivity contribution in [3.8, 4) is 0 Å². The Balaban J connectivity index is 2.14. The lowest BCUT2D eigenvalue weighted by molar-refractivity contribution is -0.147. The topological polar surface area (TPSA) is 46.3 Å². The van der Waals surface area contributed by atoms with Gasteiger partial charge >= 0.3 is 0 Å². The van der Waals surface area contributed by atoms with Gasteiger partial charge in [-0.25, -0.2) is 0 Å². The Morgan fingerprint density at radius 1 is 1.16 bits per heavy atom. The molecule has 2 atom stereocenters. The number of carbonyl (C=O) groups excluding carboxylic acids is 1. The van der Waals surface area contributed by atoms with Gasteiger partial charge in [-0.1, -0.05) is 32.6 Å². The lowest BCUT2D eigenvalue weighted by atomic mass is 9.77. The molecule has 1 saturated carbocycles. The molecular weight excluding hydrogens is 236 g/mol. The molecule has 2 aliphatic rings. The van der Waals surface area contributed by atoms with Crippen LogP contribution in [0.2, 0.25) is 0 Å². The monoisotopic (exact) mass is 266 g/mol. The predicted molar refractivity (Wildman–Crippen MR) is 78.8 cm³/mol. The summed E-state index contributed by atoms with van der Waals surface area (Å²) in [6.45, 7) is 5.92. The van der Waals surface area contributed by atoms with Gasteiger partial charge in [-0.3, -0.25) is 4.79 Å². The summed E-state index contributed by atoms with van der Waals surface area (Å²) in [7, 11) is 0. The number of piperidine rings is 1. The van der Waals surface area contributed by atoms with Crippen LogP contribution in [0.15, 0.2) is 0 Å². The van der Waals surface area contributed by atoms with E-state index in [-0.39, 0.29) is 5.41 Å². The number of nitrogens with two attached hydrogens (primary N) is 1. The number of carbonyl (C=O) groups is 1. The maximum atomic E-state index is 13.1. The Bertz CT molecular complexity index is 308. The van der Waals surface area contributed by atoms with Gasteiger partial charge in [0.1, 0.15) is 0 Å². The molecule has 19 heavy (non-hydrogen) atoms. The largest absolute Gasteiger partial charge is 0.339 e. The maximum Gasteiger partial charge on any atom is 0.230 e. The van der Waals surface area contributed by atoms with E-state index in [0.29, 0.717) is 24.4 Å². The second-order valence-electron chi connectivity index (χ2n) is 6.89. The first-order chi connectivity index (χ1) is 9.09. The lowest BCUT2D eigenvalue weighted by Gasteiger charge is -2.43. The van der Waals surface area contributed by atoms with E-state index in [0.717, 1.165) is 25.8 Å². The Morgan fingerprint density at radius 2 is 1.79 bits per heavy atom. The average molecular weight is 266 g/mol. The summed E-state index contributed by atoms with van der Waals surface area (Å²) in [4.78, 5) is 15.2. The first-order valence-electron chi connectivity index (χ1n) is 8.10. The zero-order chi connectivity index (χ0) is 13.9. The molecule has 0 aromatic rings. The normalized spacial score (nSPS) is 31.8. The lowest BCUT2D eigenvalue weighted by Crippen LogP contribution is -2.53. The van der Waals surface area contributed by atoms with Gasteiger partial charge < -0.3 is 10.6 Å². The predicted octanol–water partition coefficient (Wildman–Crippen LogP) is 2.93. The van der Waals surface area contributed by atoms with Crippen molar-refractivity contribution in [1.82, 2.24) is 4.90 Å². The third kappa shape index (κ3) is 3.13. The molecule has 2 rings (SSSR count). The highest BCUT2D eigenvalue weighted by molar-refractivity contribution is 5.83. The van der Waals surface area contributed by atoms with Crippen molar-refractivity contribution in [1.29, 1.82) is 0 Å². The highest BCUT2D eigenvalue weighted by Gasteiger charge is 2.42. The van der Waals surface area contributed by atoms with Crippen LogP contribution in [-0.4, -0.2) is 29.9 Å². The number of amides is 1. The summed E-state index contributed by atoms with van der Waals surface area (Å²) in [6.07, 6.45) is 9.26. The Hall–Kier alpha value is -0.570. The fourth-order valence-corrected chi connectivity index (χ4v) is 3.79. The van der Waals surface area contributed by atoms with Crippen LogP contribution in [0.1, 0.15) is 65.2 Å². The van der Waals surface area contributed by atoms with E-state index in [1.54, 1.807) is 0 Å². The van der Waals surface area contributed by atoms with E-state index >= 15 is 0 Å². The van der Waals surface area contributed by atoms with Gasteiger partial charge in [0, 0.05) is 19.1 Å². The molecule has 0 spiro atoms. The van der Waals surface area contributed by atoms with Crippen molar-refractivity contribution >= 4 is 5.91 Å². The summed E-state index contributed by atoms with van der Waals surface area (Å²) in [6, 6.07) is 0.398. The minimum Gasteiger partial charge on any atom is -0.339 e. The molecule has 2 N–H and O–H groups in total. The molecule has 1 amide bonds. The fourth-order valence-electron chi connectivity index (χ4n) is 3.79. The van der Waals surface area contributed by atoms with Crippen molar-refractivity contribution in [2.75, 3.05) is 13.1 Å². The summed E-state index contributed by atoms with van der Waals surface area (Å²) < 4.78 is 0. The molecule has 3 heteroatoms. The number of nitrogens with zero attached hydrogens (tertiary/aromatic N) is 1. The highest BCUT2D eigenvalue weighted by Crippen LogP contribution is 2.37. The molecule has 2 fully saturated rings. The molecule has 0 aromatic heterocycles. The molecule has 1 saturated heterocycles. The number of hydrogen-bond donors (Lipinski definition) is 1. The molecule has 110 valence electrons. The number of rotatable bonds is 2. The second-order valence-corrected chi connectivity index (χ2v) is 6.89. The quantitative estimate of drug-likeness (QED) is 0.781. The Labute approximate surface area is 117 Å². The first-order valence-corrected chi connectivity index (χ1v) is 8.10. The van der Waals surface area contributed by atoms with Crippen molar-refractivity contribution in [2.24, 2.45) is 17.1 Å². The standard InChI is InChI=1S/C16H30N2O/c1-13-7-8-14(2)18(11-13)15(19)16(12-17)9-5-3-4-6-10-16/h13-14H,3-12,17H2,1-2H3. The van der Waals surface area contributed by atoms with Crippen LogP contribution in [-0.2, 0) is 4.79 Å². The van der Waals surface area contributed by atoms with Gasteiger partial charge in [-0.2, -0.15) is 0 Å². The van der Waals surface area contributed by atoms with Crippen LogP contribution < -0.4 is 5.73 Å². The van der Waals surface area contributed by atoms with Crippen molar-refractivity contribution < 1.29 is 4.79 Å². The summed E-state index contributed by atoms with van der Waals surface area (Å²) in [5.74, 6) is 0.997. The van der Waals surface area contributed by atoms with Crippen LogP contribution >= 0.6 is 0 Å². The average Bonchev–Trinajstić information content (AvgIpc) is 2.67. The van der Waals surface area contributed by atoms with Gasteiger partial charge in [0.2, 0.25) is 5.91 Å². The van der Waals surface area contributed by atoms with E-state index in [4.69, 9.17) is 5.73 Å². The van der Waals surface area contributed by atoms with Gasteiger partial charge in [0.25, 0.3) is 0 Å². The van der Waals surface area contributed by atoms with Crippen LogP contribution in [0, 0.1) is 11.3 Å².